The van der Waals surface area contributed by atoms with E-state index in [2.05, 4.69) is 15.9 Å². The molecule has 1 saturated heterocycles. The summed E-state index contributed by atoms with van der Waals surface area (Å²) >= 11 is 4.54. The number of ether oxygens (including phenoxy) is 2. The van der Waals surface area contributed by atoms with Crippen molar-refractivity contribution in [1.82, 2.24) is 4.90 Å². The zero-order valence-electron chi connectivity index (χ0n) is 20.1. The molecule has 0 atom stereocenters. The van der Waals surface area contributed by atoms with Gasteiger partial charge in [-0.05, 0) is 86.4 Å². The Bertz CT molecular complexity index is 1500. The van der Waals surface area contributed by atoms with E-state index in [1.54, 1.807) is 6.08 Å². The van der Waals surface area contributed by atoms with Crippen LogP contribution in [-0.2, 0) is 17.9 Å². The lowest BCUT2D eigenvalue weighted by atomic mass is 10.1. The van der Waals surface area contributed by atoms with Crippen LogP contribution in [0.25, 0.3) is 16.8 Å². The van der Waals surface area contributed by atoms with Crippen LogP contribution in [0.15, 0.2) is 94.3 Å². The minimum atomic E-state index is -0.304. The van der Waals surface area contributed by atoms with Crippen LogP contribution in [0.2, 0.25) is 0 Å². The molecule has 186 valence electrons. The molecule has 0 saturated carbocycles. The van der Waals surface area contributed by atoms with Gasteiger partial charge in [-0.15, -0.1) is 0 Å². The first-order valence-corrected chi connectivity index (χ1v) is 13.5. The first kappa shape index (κ1) is 25.1. The van der Waals surface area contributed by atoms with Crippen molar-refractivity contribution in [3.63, 3.8) is 0 Å². The Hall–Kier alpha value is -3.55. The molecule has 1 fully saturated rings. The SMILES string of the molecule is CCOc1cc(/C=C2\SC(=O)N(Cc3ccc4ccccc4c3)C2=O)cc(Br)c1OCc1ccccc1. The van der Waals surface area contributed by atoms with Gasteiger partial charge in [0, 0.05) is 0 Å². The summed E-state index contributed by atoms with van der Waals surface area (Å²) in [6, 6.07) is 27.6. The van der Waals surface area contributed by atoms with E-state index < -0.39 is 0 Å². The number of carbonyl (C=O) groups excluding carboxylic acids is 2. The first-order chi connectivity index (χ1) is 18.0. The van der Waals surface area contributed by atoms with Gasteiger partial charge in [0.1, 0.15) is 6.61 Å². The second-order valence-electron chi connectivity index (χ2n) is 8.49. The summed E-state index contributed by atoms with van der Waals surface area (Å²) in [7, 11) is 0. The number of nitrogens with zero attached hydrogens (tertiary/aromatic N) is 1. The lowest BCUT2D eigenvalue weighted by Crippen LogP contribution is -2.27. The molecule has 0 N–H and O–H groups in total. The van der Waals surface area contributed by atoms with Crippen LogP contribution < -0.4 is 9.47 Å². The maximum Gasteiger partial charge on any atom is 0.293 e. The molecule has 2 amide bonds. The lowest BCUT2D eigenvalue weighted by Gasteiger charge is -2.15. The summed E-state index contributed by atoms with van der Waals surface area (Å²) in [5.74, 6) is 0.850. The Balaban J connectivity index is 1.36. The molecule has 4 aromatic rings. The van der Waals surface area contributed by atoms with Gasteiger partial charge in [0.25, 0.3) is 11.1 Å². The Kier molecular flexibility index (Phi) is 7.63. The molecular formula is C30H24BrNO4S. The van der Waals surface area contributed by atoms with Gasteiger partial charge < -0.3 is 9.47 Å². The van der Waals surface area contributed by atoms with E-state index in [1.807, 2.05) is 91.9 Å². The first-order valence-electron chi connectivity index (χ1n) is 11.9. The van der Waals surface area contributed by atoms with Crippen LogP contribution >= 0.6 is 27.7 Å². The standard InChI is InChI=1S/C30H24BrNO4S/c1-2-35-26-16-22(15-25(31)28(26)36-19-20-8-4-3-5-9-20)17-27-29(33)32(30(34)37-27)18-21-12-13-23-10-6-7-11-24(23)14-21/h3-17H,2,18-19H2,1H3/b27-17-. The topological polar surface area (TPSA) is 55.8 Å². The van der Waals surface area contributed by atoms with Crippen LogP contribution in [-0.4, -0.2) is 22.7 Å². The van der Waals surface area contributed by atoms with Gasteiger partial charge in [0.05, 0.1) is 22.5 Å². The molecule has 0 aromatic heterocycles. The van der Waals surface area contributed by atoms with Crippen molar-refractivity contribution in [3.05, 3.63) is 111 Å². The fourth-order valence-electron chi connectivity index (χ4n) is 4.11. The molecule has 0 radical (unpaired) electrons. The molecule has 0 unspecified atom stereocenters. The molecule has 5 rings (SSSR count). The van der Waals surface area contributed by atoms with E-state index in [0.717, 1.165) is 39.2 Å². The van der Waals surface area contributed by atoms with E-state index in [4.69, 9.17) is 9.47 Å². The molecule has 0 aliphatic carbocycles. The van der Waals surface area contributed by atoms with E-state index in [9.17, 15) is 9.59 Å². The third kappa shape index (κ3) is 5.73. The Morgan fingerprint density at radius 2 is 1.62 bits per heavy atom. The minimum absolute atomic E-state index is 0.229. The van der Waals surface area contributed by atoms with Crippen molar-refractivity contribution >= 4 is 55.7 Å². The van der Waals surface area contributed by atoms with Crippen LogP contribution in [0.5, 0.6) is 11.5 Å². The van der Waals surface area contributed by atoms with Crippen LogP contribution in [0.1, 0.15) is 23.6 Å². The predicted octanol–water partition coefficient (Wildman–Crippen LogP) is 7.82. The fourth-order valence-corrected chi connectivity index (χ4v) is 5.52. The van der Waals surface area contributed by atoms with Crippen molar-refractivity contribution in [2.45, 2.75) is 20.1 Å². The molecule has 37 heavy (non-hydrogen) atoms. The number of amides is 2. The monoisotopic (exact) mass is 573 g/mol. The zero-order valence-corrected chi connectivity index (χ0v) is 22.6. The average molecular weight is 574 g/mol. The van der Waals surface area contributed by atoms with Crippen molar-refractivity contribution < 1.29 is 19.1 Å². The second kappa shape index (κ2) is 11.2. The highest BCUT2D eigenvalue weighted by Gasteiger charge is 2.35. The number of hydrogen-bond acceptors (Lipinski definition) is 5. The Labute approximate surface area is 228 Å². The minimum Gasteiger partial charge on any atom is -0.490 e. The van der Waals surface area contributed by atoms with Crippen molar-refractivity contribution in [1.29, 1.82) is 0 Å². The van der Waals surface area contributed by atoms with Gasteiger partial charge in [-0.25, -0.2) is 0 Å². The molecule has 5 nitrogen and oxygen atoms in total. The quantitative estimate of drug-likeness (QED) is 0.201. The highest BCUT2D eigenvalue weighted by molar-refractivity contribution is 9.10. The number of rotatable bonds is 8. The smallest absolute Gasteiger partial charge is 0.293 e. The Morgan fingerprint density at radius 3 is 2.41 bits per heavy atom. The zero-order chi connectivity index (χ0) is 25.8. The molecule has 0 bridgehead atoms. The van der Waals surface area contributed by atoms with Gasteiger partial charge in [0.15, 0.2) is 11.5 Å². The molecule has 1 heterocycles. The second-order valence-corrected chi connectivity index (χ2v) is 10.3. The third-order valence-electron chi connectivity index (χ3n) is 5.88. The van der Waals surface area contributed by atoms with Gasteiger partial charge in [-0.2, -0.15) is 0 Å². The van der Waals surface area contributed by atoms with Crippen molar-refractivity contribution in [3.8, 4) is 11.5 Å². The van der Waals surface area contributed by atoms with E-state index >= 15 is 0 Å². The number of halogens is 1. The fraction of sp³-hybridized carbons (Fsp3) is 0.133. The van der Waals surface area contributed by atoms with Crippen molar-refractivity contribution in [2.24, 2.45) is 0 Å². The molecule has 7 heteroatoms. The van der Waals surface area contributed by atoms with Gasteiger partial charge in [0.2, 0.25) is 0 Å². The van der Waals surface area contributed by atoms with Crippen LogP contribution in [0.3, 0.4) is 0 Å². The summed E-state index contributed by atoms with van der Waals surface area (Å²) in [5.41, 5.74) is 2.68. The summed E-state index contributed by atoms with van der Waals surface area (Å²) in [6.45, 7) is 2.99. The van der Waals surface area contributed by atoms with E-state index in [1.165, 1.54) is 4.90 Å². The average Bonchev–Trinajstić information content (AvgIpc) is 3.16. The van der Waals surface area contributed by atoms with Gasteiger partial charge in [-0.1, -0.05) is 66.7 Å². The molecule has 1 aliphatic rings. The number of thioether (sulfide) groups is 1. The molecule has 4 aromatic carbocycles. The predicted molar refractivity (Wildman–Crippen MR) is 152 cm³/mol. The number of carbonyl (C=O) groups is 2. The lowest BCUT2D eigenvalue weighted by molar-refractivity contribution is -0.123. The molecule has 1 aliphatic heterocycles. The summed E-state index contributed by atoms with van der Waals surface area (Å²) in [5, 5.41) is 1.91. The number of imide groups is 1. The number of hydrogen-bond donors (Lipinski definition) is 0. The van der Waals surface area contributed by atoms with E-state index in [-0.39, 0.29) is 17.7 Å². The number of benzene rings is 4. The highest BCUT2D eigenvalue weighted by Crippen LogP contribution is 2.40. The molecular weight excluding hydrogens is 550 g/mol. The van der Waals surface area contributed by atoms with Crippen LogP contribution in [0.4, 0.5) is 4.79 Å². The maximum absolute atomic E-state index is 13.2. The third-order valence-corrected chi connectivity index (χ3v) is 7.38. The summed E-state index contributed by atoms with van der Waals surface area (Å²) in [4.78, 5) is 27.6. The van der Waals surface area contributed by atoms with Crippen LogP contribution in [0, 0.1) is 0 Å². The molecule has 0 spiro atoms. The summed E-state index contributed by atoms with van der Waals surface area (Å²) in [6.07, 6.45) is 1.72. The normalized spacial score (nSPS) is 14.5. The van der Waals surface area contributed by atoms with Gasteiger partial charge in [-0.3, -0.25) is 14.5 Å². The van der Waals surface area contributed by atoms with E-state index in [0.29, 0.717) is 34.1 Å². The summed E-state index contributed by atoms with van der Waals surface area (Å²) < 4.78 is 12.6. The van der Waals surface area contributed by atoms with Gasteiger partial charge >= 0.3 is 0 Å². The largest absolute Gasteiger partial charge is 0.490 e. The maximum atomic E-state index is 13.2. The Morgan fingerprint density at radius 1 is 0.865 bits per heavy atom. The van der Waals surface area contributed by atoms with Crippen molar-refractivity contribution in [2.75, 3.05) is 6.61 Å². The highest BCUT2D eigenvalue weighted by atomic mass is 79.9. The number of fused-ring (bicyclic) bond motifs is 1.